The van der Waals surface area contributed by atoms with Gasteiger partial charge < -0.3 is 31.9 Å². The Bertz CT molecular complexity index is 1030. The highest BCUT2D eigenvalue weighted by atomic mass is 16.4. The third-order valence-electron chi connectivity index (χ3n) is 5.69. The van der Waals surface area contributed by atoms with Crippen molar-refractivity contribution in [2.45, 2.75) is 57.3 Å². The maximum absolute atomic E-state index is 13.3. The lowest BCUT2D eigenvalue weighted by Gasteiger charge is -2.26. The Balaban J connectivity index is 2.24. The van der Waals surface area contributed by atoms with E-state index in [2.05, 4.69) is 16.0 Å². The minimum absolute atomic E-state index is 0.0186. The Kier molecular flexibility index (Phi) is 11.7. The summed E-state index contributed by atoms with van der Waals surface area (Å²) < 4.78 is 0. The van der Waals surface area contributed by atoms with Crippen LogP contribution >= 0.6 is 0 Å². The van der Waals surface area contributed by atoms with Crippen LogP contribution in [0.5, 0.6) is 0 Å². The second-order valence-electron chi connectivity index (χ2n) is 9.32. The van der Waals surface area contributed by atoms with Crippen LogP contribution in [0.2, 0.25) is 0 Å². The first-order valence-corrected chi connectivity index (χ1v) is 12.2. The van der Waals surface area contributed by atoms with Crippen molar-refractivity contribution in [3.63, 3.8) is 0 Å². The van der Waals surface area contributed by atoms with E-state index < -0.39 is 54.5 Å². The number of aliphatic carboxylic acids is 1. The smallest absolute Gasteiger partial charge is 0.326 e. The van der Waals surface area contributed by atoms with Crippen LogP contribution in [0.15, 0.2) is 60.7 Å². The average Bonchev–Trinajstić information content (AvgIpc) is 2.87. The highest BCUT2D eigenvalue weighted by Gasteiger charge is 2.31. The van der Waals surface area contributed by atoms with Crippen LogP contribution in [-0.4, -0.2) is 64.7 Å². The maximum Gasteiger partial charge on any atom is 0.326 e. The summed E-state index contributed by atoms with van der Waals surface area (Å²) in [4.78, 5) is 50.7. The van der Waals surface area contributed by atoms with Crippen molar-refractivity contribution in [2.24, 2.45) is 11.7 Å². The molecule has 0 aliphatic rings. The van der Waals surface area contributed by atoms with Crippen LogP contribution in [0.1, 0.15) is 31.4 Å². The van der Waals surface area contributed by atoms with Crippen molar-refractivity contribution in [3.05, 3.63) is 71.8 Å². The monoisotopic (exact) mass is 512 g/mol. The number of hydrogen-bond donors (Lipinski definition) is 6. The molecule has 3 amide bonds. The molecule has 0 spiro atoms. The lowest BCUT2D eigenvalue weighted by Crippen LogP contribution is -2.58. The number of carboxylic acids is 1. The number of nitrogens with two attached hydrogens (primary N) is 1. The van der Waals surface area contributed by atoms with Gasteiger partial charge in [-0.2, -0.15) is 0 Å². The zero-order valence-corrected chi connectivity index (χ0v) is 21.1. The lowest BCUT2D eigenvalue weighted by atomic mass is 10.00. The Morgan fingerprint density at radius 1 is 0.730 bits per heavy atom. The van der Waals surface area contributed by atoms with Crippen molar-refractivity contribution in [1.82, 2.24) is 16.0 Å². The fourth-order valence-corrected chi connectivity index (χ4v) is 3.72. The molecular formula is C27H36N4O6. The molecule has 2 aromatic carbocycles. The van der Waals surface area contributed by atoms with Gasteiger partial charge in [-0.25, -0.2) is 4.79 Å². The van der Waals surface area contributed by atoms with E-state index in [1.54, 1.807) is 48.5 Å². The number of amides is 3. The molecule has 0 fully saturated rings. The Labute approximate surface area is 216 Å². The van der Waals surface area contributed by atoms with Crippen LogP contribution in [-0.2, 0) is 32.0 Å². The highest BCUT2D eigenvalue weighted by Crippen LogP contribution is 2.10. The average molecular weight is 513 g/mol. The predicted molar refractivity (Wildman–Crippen MR) is 138 cm³/mol. The molecule has 0 heterocycles. The SMILES string of the molecule is CC(C)CC(NC(=O)C(N)CO)C(=O)NC(Cc1ccccc1)C(=O)NC(Cc1ccccc1)C(=O)O. The zero-order chi connectivity index (χ0) is 27.4. The summed E-state index contributed by atoms with van der Waals surface area (Å²) in [6, 6.07) is 13.4. The van der Waals surface area contributed by atoms with Crippen molar-refractivity contribution >= 4 is 23.7 Å². The summed E-state index contributed by atoms with van der Waals surface area (Å²) in [7, 11) is 0. The minimum Gasteiger partial charge on any atom is -0.480 e. The minimum atomic E-state index is -1.21. The van der Waals surface area contributed by atoms with Gasteiger partial charge >= 0.3 is 5.97 Å². The summed E-state index contributed by atoms with van der Waals surface area (Å²) in [5.41, 5.74) is 7.07. The Hall–Kier alpha value is -3.76. The molecule has 4 atom stereocenters. The number of carboxylic acid groups (broad SMARTS) is 1. The molecular weight excluding hydrogens is 476 g/mol. The van der Waals surface area contributed by atoms with Crippen LogP contribution < -0.4 is 21.7 Å². The summed E-state index contributed by atoms with van der Waals surface area (Å²) in [6.07, 6.45) is 0.439. The van der Waals surface area contributed by atoms with Crippen LogP contribution in [0, 0.1) is 5.92 Å². The highest BCUT2D eigenvalue weighted by molar-refractivity contribution is 5.94. The van der Waals surface area contributed by atoms with Crippen LogP contribution in [0.4, 0.5) is 0 Å². The van der Waals surface area contributed by atoms with Gasteiger partial charge in [-0.1, -0.05) is 74.5 Å². The molecule has 2 aromatic rings. The van der Waals surface area contributed by atoms with E-state index in [1.165, 1.54) is 0 Å². The van der Waals surface area contributed by atoms with E-state index in [9.17, 15) is 24.3 Å². The number of rotatable bonds is 14. The van der Waals surface area contributed by atoms with Crippen molar-refractivity contribution in [3.8, 4) is 0 Å². The summed E-state index contributed by atoms with van der Waals surface area (Å²) >= 11 is 0. The van der Waals surface area contributed by atoms with Gasteiger partial charge in [0.2, 0.25) is 17.7 Å². The van der Waals surface area contributed by atoms with Gasteiger partial charge in [-0.3, -0.25) is 14.4 Å². The molecule has 0 aliphatic carbocycles. The van der Waals surface area contributed by atoms with E-state index in [4.69, 9.17) is 10.8 Å². The normalized spacial score (nSPS) is 14.2. The van der Waals surface area contributed by atoms with Gasteiger partial charge in [-0.05, 0) is 23.5 Å². The number of benzene rings is 2. The van der Waals surface area contributed by atoms with E-state index in [1.807, 2.05) is 26.0 Å². The van der Waals surface area contributed by atoms with E-state index in [0.717, 1.165) is 11.1 Å². The molecule has 0 aliphatic heterocycles. The van der Waals surface area contributed by atoms with E-state index in [0.29, 0.717) is 0 Å². The molecule has 0 saturated heterocycles. The quantitative estimate of drug-likeness (QED) is 0.212. The lowest BCUT2D eigenvalue weighted by molar-refractivity contribution is -0.142. The molecule has 10 nitrogen and oxygen atoms in total. The van der Waals surface area contributed by atoms with E-state index >= 15 is 0 Å². The maximum atomic E-state index is 13.3. The molecule has 2 rings (SSSR count). The molecule has 10 heteroatoms. The number of aliphatic hydroxyl groups excluding tert-OH is 1. The van der Waals surface area contributed by atoms with Gasteiger partial charge in [0.15, 0.2) is 0 Å². The Morgan fingerprint density at radius 3 is 1.62 bits per heavy atom. The third-order valence-corrected chi connectivity index (χ3v) is 5.69. The number of carbonyl (C=O) groups excluding carboxylic acids is 3. The topological polar surface area (TPSA) is 171 Å². The molecule has 7 N–H and O–H groups in total. The molecule has 37 heavy (non-hydrogen) atoms. The molecule has 0 saturated carbocycles. The molecule has 0 bridgehead atoms. The first-order chi connectivity index (χ1) is 17.6. The summed E-state index contributed by atoms with van der Waals surface area (Å²) in [6.45, 7) is 3.15. The zero-order valence-electron chi connectivity index (χ0n) is 21.1. The fourth-order valence-electron chi connectivity index (χ4n) is 3.72. The van der Waals surface area contributed by atoms with Crippen molar-refractivity contribution in [1.29, 1.82) is 0 Å². The number of hydrogen-bond acceptors (Lipinski definition) is 6. The number of aliphatic hydroxyl groups is 1. The first kappa shape index (κ1) is 29.5. The number of carbonyl (C=O) groups is 4. The second kappa shape index (κ2) is 14.7. The fraction of sp³-hybridized carbons (Fsp3) is 0.407. The summed E-state index contributed by atoms with van der Waals surface area (Å²) in [5.74, 6) is -3.16. The number of nitrogens with one attached hydrogen (secondary N) is 3. The largest absolute Gasteiger partial charge is 0.480 e. The molecule has 0 aromatic heterocycles. The van der Waals surface area contributed by atoms with Crippen molar-refractivity contribution in [2.75, 3.05) is 6.61 Å². The Morgan fingerprint density at radius 2 is 1.16 bits per heavy atom. The first-order valence-electron chi connectivity index (χ1n) is 12.2. The molecule has 4 unspecified atom stereocenters. The van der Waals surface area contributed by atoms with Crippen LogP contribution in [0.3, 0.4) is 0 Å². The molecule has 200 valence electrons. The standard InChI is InChI=1S/C27H36N4O6/c1-17(2)13-21(29-24(33)20(28)16-32)25(34)30-22(14-18-9-5-3-6-10-18)26(35)31-23(27(36)37)15-19-11-7-4-8-12-19/h3-12,17,20-23,32H,13-16,28H2,1-2H3,(H,29,33)(H,30,34)(H,31,35)(H,36,37). The second-order valence-corrected chi connectivity index (χ2v) is 9.32. The van der Waals surface area contributed by atoms with Crippen molar-refractivity contribution < 1.29 is 29.4 Å². The van der Waals surface area contributed by atoms with Gasteiger partial charge in [-0.15, -0.1) is 0 Å². The molecule has 0 radical (unpaired) electrons. The van der Waals surface area contributed by atoms with Gasteiger partial charge in [0, 0.05) is 12.8 Å². The van der Waals surface area contributed by atoms with Gasteiger partial charge in [0.05, 0.1) is 6.61 Å². The summed E-state index contributed by atoms with van der Waals surface area (Å²) in [5, 5.41) is 26.6. The van der Waals surface area contributed by atoms with E-state index in [-0.39, 0.29) is 25.2 Å². The van der Waals surface area contributed by atoms with Gasteiger partial charge in [0.1, 0.15) is 24.2 Å². The third kappa shape index (κ3) is 10.0. The van der Waals surface area contributed by atoms with Crippen LogP contribution in [0.25, 0.3) is 0 Å². The predicted octanol–water partition coefficient (Wildman–Crippen LogP) is 0.377. The van der Waals surface area contributed by atoms with Gasteiger partial charge in [0.25, 0.3) is 0 Å².